The standard InChI is InChI=1S/C22H28N4S/c23-22(27-18-19-10-4-3-5-11-19)25-24-16-20-12-6-7-13-21(20)17-26-14-8-1-2-9-15-26/h3-7,10-13,16H,1-2,8-9,14-15,17-18H2,(H2,23,25). The first kappa shape index (κ1) is 19.6. The average Bonchev–Trinajstić information content (AvgIpc) is 2.97. The van der Waals surface area contributed by atoms with Gasteiger partial charge >= 0.3 is 0 Å². The summed E-state index contributed by atoms with van der Waals surface area (Å²) in [5.74, 6) is 0.803. The molecule has 27 heavy (non-hydrogen) atoms. The fraction of sp³-hybridized carbons (Fsp3) is 0.364. The first-order valence-corrected chi connectivity index (χ1v) is 10.6. The van der Waals surface area contributed by atoms with Crippen molar-refractivity contribution >= 4 is 23.1 Å². The lowest BCUT2D eigenvalue weighted by Gasteiger charge is -2.20. The molecule has 5 heteroatoms. The molecule has 1 aliphatic rings. The molecule has 0 aliphatic carbocycles. The highest BCUT2D eigenvalue weighted by atomic mass is 32.2. The van der Waals surface area contributed by atoms with Gasteiger partial charge in [-0.05, 0) is 42.6 Å². The molecular formula is C22H28N4S. The third-order valence-electron chi connectivity index (χ3n) is 4.73. The van der Waals surface area contributed by atoms with Gasteiger partial charge in [0.2, 0.25) is 0 Å². The predicted molar refractivity (Wildman–Crippen MR) is 117 cm³/mol. The quantitative estimate of drug-likeness (QED) is 0.451. The van der Waals surface area contributed by atoms with Crippen molar-refractivity contribution < 1.29 is 0 Å². The molecule has 0 amide bonds. The number of hydrogen-bond acceptors (Lipinski definition) is 4. The number of amidine groups is 1. The minimum Gasteiger partial charge on any atom is -0.377 e. The van der Waals surface area contributed by atoms with E-state index >= 15 is 0 Å². The van der Waals surface area contributed by atoms with Gasteiger partial charge in [0.05, 0.1) is 6.21 Å². The van der Waals surface area contributed by atoms with Crippen LogP contribution in [0.25, 0.3) is 0 Å². The van der Waals surface area contributed by atoms with Crippen LogP contribution in [0.5, 0.6) is 0 Å². The maximum absolute atomic E-state index is 5.98. The molecule has 1 heterocycles. The van der Waals surface area contributed by atoms with Gasteiger partial charge in [0.15, 0.2) is 5.17 Å². The molecule has 2 N–H and O–H groups in total. The summed E-state index contributed by atoms with van der Waals surface area (Å²) in [5.41, 5.74) is 9.63. The SMILES string of the molecule is NC(=NN=Cc1ccccc1CN1CCCCCC1)SCc1ccccc1. The van der Waals surface area contributed by atoms with Gasteiger partial charge < -0.3 is 5.73 Å². The highest BCUT2D eigenvalue weighted by Gasteiger charge is 2.10. The third kappa shape index (κ3) is 6.85. The molecule has 0 saturated carbocycles. The van der Waals surface area contributed by atoms with E-state index in [4.69, 9.17) is 5.73 Å². The summed E-state index contributed by atoms with van der Waals surface area (Å²) < 4.78 is 0. The van der Waals surface area contributed by atoms with Crippen LogP contribution in [0, 0.1) is 0 Å². The zero-order valence-electron chi connectivity index (χ0n) is 15.8. The smallest absolute Gasteiger partial charge is 0.180 e. The Labute approximate surface area is 166 Å². The Morgan fingerprint density at radius 3 is 2.44 bits per heavy atom. The van der Waals surface area contributed by atoms with Crippen molar-refractivity contribution in [2.75, 3.05) is 13.1 Å². The molecule has 0 spiro atoms. The summed E-state index contributed by atoms with van der Waals surface area (Å²) in [6, 6.07) is 18.7. The monoisotopic (exact) mass is 380 g/mol. The molecule has 0 bridgehead atoms. The molecule has 142 valence electrons. The second kappa shape index (κ2) is 10.9. The van der Waals surface area contributed by atoms with Gasteiger partial charge in [-0.25, -0.2) is 0 Å². The second-order valence-corrected chi connectivity index (χ2v) is 7.84. The van der Waals surface area contributed by atoms with Gasteiger partial charge in [0.1, 0.15) is 0 Å². The first-order chi connectivity index (χ1) is 13.3. The number of nitrogens with two attached hydrogens (primary N) is 1. The maximum atomic E-state index is 5.98. The van der Waals surface area contributed by atoms with Crippen molar-refractivity contribution in [3.05, 3.63) is 71.3 Å². The van der Waals surface area contributed by atoms with Crippen molar-refractivity contribution in [1.82, 2.24) is 4.90 Å². The van der Waals surface area contributed by atoms with E-state index in [0.29, 0.717) is 5.17 Å². The molecule has 3 rings (SSSR count). The van der Waals surface area contributed by atoms with Crippen molar-refractivity contribution in [3.8, 4) is 0 Å². The van der Waals surface area contributed by atoms with Crippen molar-refractivity contribution in [3.63, 3.8) is 0 Å². The molecule has 0 atom stereocenters. The van der Waals surface area contributed by atoms with Gasteiger partial charge in [-0.15, -0.1) is 5.10 Å². The van der Waals surface area contributed by atoms with Crippen LogP contribution in [-0.4, -0.2) is 29.4 Å². The fourth-order valence-corrected chi connectivity index (χ4v) is 3.86. The Hall–Kier alpha value is -2.11. The van der Waals surface area contributed by atoms with Crippen LogP contribution in [0.2, 0.25) is 0 Å². The summed E-state index contributed by atoms with van der Waals surface area (Å²) in [6.45, 7) is 3.35. The lowest BCUT2D eigenvalue weighted by Crippen LogP contribution is -2.24. The second-order valence-electron chi connectivity index (χ2n) is 6.85. The molecule has 1 saturated heterocycles. The van der Waals surface area contributed by atoms with Crippen molar-refractivity contribution in [2.45, 2.75) is 38.0 Å². The number of rotatable bonds is 6. The van der Waals surface area contributed by atoms with E-state index in [1.54, 1.807) is 0 Å². The normalized spacial score (nSPS) is 16.5. The van der Waals surface area contributed by atoms with Crippen LogP contribution in [-0.2, 0) is 12.3 Å². The van der Waals surface area contributed by atoms with Crippen LogP contribution >= 0.6 is 11.8 Å². The number of thioether (sulfide) groups is 1. The van der Waals surface area contributed by atoms with E-state index in [1.807, 2.05) is 30.5 Å². The number of hydrogen-bond donors (Lipinski definition) is 1. The van der Waals surface area contributed by atoms with E-state index in [-0.39, 0.29) is 0 Å². The molecular weight excluding hydrogens is 352 g/mol. The van der Waals surface area contributed by atoms with Crippen LogP contribution in [0.3, 0.4) is 0 Å². The zero-order valence-corrected chi connectivity index (χ0v) is 16.6. The predicted octanol–water partition coefficient (Wildman–Crippen LogP) is 4.64. The topological polar surface area (TPSA) is 54.0 Å². The van der Waals surface area contributed by atoms with Crippen molar-refractivity contribution in [1.29, 1.82) is 0 Å². The van der Waals surface area contributed by atoms with Crippen molar-refractivity contribution in [2.24, 2.45) is 15.9 Å². The highest BCUT2D eigenvalue weighted by molar-refractivity contribution is 8.13. The van der Waals surface area contributed by atoms with E-state index in [9.17, 15) is 0 Å². The van der Waals surface area contributed by atoms with E-state index in [1.165, 1.54) is 61.7 Å². The van der Waals surface area contributed by atoms with Gasteiger partial charge in [-0.3, -0.25) is 4.90 Å². The number of benzene rings is 2. The summed E-state index contributed by atoms with van der Waals surface area (Å²) in [5, 5.41) is 8.86. The molecule has 1 fully saturated rings. The Bertz CT molecular complexity index is 750. The molecule has 2 aromatic carbocycles. The summed E-state index contributed by atoms with van der Waals surface area (Å²) in [4.78, 5) is 2.55. The van der Waals surface area contributed by atoms with Gasteiger partial charge in [0.25, 0.3) is 0 Å². The summed E-state index contributed by atoms with van der Waals surface area (Å²) in [7, 11) is 0. The number of nitrogens with zero attached hydrogens (tertiary/aromatic N) is 3. The summed E-state index contributed by atoms with van der Waals surface area (Å²) >= 11 is 1.51. The van der Waals surface area contributed by atoms with Crippen LogP contribution in [0.15, 0.2) is 64.8 Å². The van der Waals surface area contributed by atoms with E-state index in [2.05, 4.69) is 45.4 Å². The van der Waals surface area contributed by atoms with Gasteiger partial charge in [-0.2, -0.15) is 5.10 Å². The lowest BCUT2D eigenvalue weighted by atomic mass is 10.1. The molecule has 1 aliphatic heterocycles. The summed E-state index contributed by atoms with van der Waals surface area (Å²) in [6.07, 6.45) is 7.14. The molecule has 4 nitrogen and oxygen atoms in total. The third-order valence-corrected chi connectivity index (χ3v) is 5.59. The zero-order chi connectivity index (χ0) is 18.7. The van der Waals surface area contributed by atoms with Crippen LogP contribution in [0.1, 0.15) is 42.4 Å². The van der Waals surface area contributed by atoms with Crippen LogP contribution in [0.4, 0.5) is 0 Å². The van der Waals surface area contributed by atoms with E-state index < -0.39 is 0 Å². The maximum Gasteiger partial charge on any atom is 0.180 e. The van der Waals surface area contributed by atoms with E-state index in [0.717, 1.165) is 17.9 Å². The minimum atomic E-state index is 0.486. The Kier molecular flexibility index (Phi) is 7.93. The van der Waals surface area contributed by atoms with Gasteiger partial charge in [0, 0.05) is 12.3 Å². The van der Waals surface area contributed by atoms with Gasteiger partial charge in [-0.1, -0.05) is 79.2 Å². The minimum absolute atomic E-state index is 0.486. The average molecular weight is 381 g/mol. The first-order valence-electron chi connectivity index (χ1n) is 9.65. The Morgan fingerprint density at radius 1 is 0.963 bits per heavy atom. The molecule has 0 radical (unpaired) electrons. The highest BCUT2D eigenvalue weighted by Crippen LogP contribution is 2.16. The Morgan fingerprint density at radius 2 is 1.67 bits per heavy atom. The Balaban J connectivity index is 1.57. The largest absolute Gasteiger partial charge is 0.377 e. The molecule has 0 aromatic heterocycles. The lowest BCUT2D eigenvalue weighted by molar-refractivity contribution is 0.277. The van der Waals surface area contributed by atoms with Crippen LogP contribution < -0.4 is 5.73 Å². The molecule has 0 unspecified atom stereocenters. The fourth-order valence-electron chi connectivity index (χ4n) is 3.25. The number of likely N-dealkylation sites (tertiary alicyclic amines) is 1. The molecule has 2 aromatic rings.